The van der Waals surface area contributed by atoms with Crippen molar-refractivity contribution in [2.75, 3.05) is 7.05 Å². The van der Waals surface area contributed by atoms with Gasteiger partial charge in [-0.25, -0.2) is 4.39 Å². The van der Waals surface area contributed by atoms with Gasteiger partial charge in [-0.15, -0.1) is 0 Å². The SMILES string of the molecule is CNCc1cccc(F)c1Oc1ccc(Br)cc1C. The molecule has 0 bridgehead atoms. The van der Waals surface area contributed by atoms with Crippen LogP contribution < -0.4 is 10.1 Å². The summed E-state index contributed by atoms with van der Waals surface area (Å²) in [6.45, 7) is 2.49. The minimum Gasteiger partial charge on any atom is -0.454 e. The molecule has 0 aromatic heterocycles. The molecule has 100 valence electrons. The topological polar surface area (TPSA) is 21.3 Å². The number of para-hydroxylation sites is 1. The Hall–Kier alpha value is -1.39. The van der Waals surface area contributed by atoms with Crippen molar-refractivity contribution < 1.29 is 9.13 Å². The second kappa shape index (κ2) is 6.17. The van der Waals surface area contributed by atoms with Gasteiger partial charge in [-0.2, -0.15) is 0 Å². The molecule has 2 aromatic carbocycles. The fourth-order valence-electron chi connectivity index (χ4n) is 1.83. The van der Waals surface area contributed by atoms with Gasteiger partial charge in [-0.05, 0) is 43.8 Å². The summed E-state index contributed by atoms with van der Waals surface area (Å²) in [6.07, 6.45) is 0. The van der Waals surface area contributed by atoms with E-state index in [0.29, 0.717) is 12.3 Å². The first-order chi connectivity index (χ1) is 9.11. The van der Waals surface area contributed by atoms with Gasteiger partial charge in [0.25, 0.3) is 0 Å². The Labute approximate surface area is 120 Å². The maximum absolute atomic E-state index is 13.9. The zero-order valence-corrected chi connectivity index (χ0v) is 12.4. The van der Waals surface area contributed by atoms with Gasteiger partial charge >= 0.3 is 0 Å². The molecule has 0 radical (unpaired) electrons. The fraction of sp³-hybridized carbons (Fsp3) is 0.200. The van der Waals surface area contributed by atoms with Gasteiger partial charge < -0.3 is 10.1 Å². The minimum atomic E-state index is -0.352. The third kappa shape index (κ3) is 3.33. The predicted octanol–water partition coefficient (Wildman–Crippen LogP) is 4.41. The predicted molar refractivity (Wildman–Crippen MR) is 78.1 cm³/mol. The van der Waals surface area contributed by atoms with Crippen LogP contribution in [0.5, 0.6) is 11.5 Å². The maximum Gasteiger partial charge on any atom is 0.167 e. The molecule has 0 aliphatic carbocycles. The number of halogens is 2. The van der Waals surface area contributed by atoms with Gasteiger partial charge in [0, 0.05) is 16.6 Å². The van der Waals surface area contributed by atoms with E-state index in [1.54, 1.807) is 6.07 Å². The largest absolute Gasteiger partial charge is 0.454 e. The number of nitrogens with one attached hydrogen (secondary N) is 1. The number of rotatable bonds is 4. The van der Waals surface area contributed by atoms with Gasteiger partial charge in [0.2, 0.25) is 0 Å². The Morgan fingerprint density at radius 3 is 2.74 bits per heavy atom. The van der Waals surface area contributed by atoms with Crippen LogP contribution in [0.1, 0.15) is 11.1 Å². The quantitative estimate of drug-likeness (QED) is 0.899. The summed E-state index contributed by atoms with van der Waals surface area (Å²) in [7, 11) is 1.82. The van der Waals surface area contributed by atoms with Crippen LogP contribution in [0.15, 0.2) is 40.9 Å². The Kier molecular flexibility index (Phi) is 4.56. The lowest BCUT2D eigenvalue weighted by atomic mass is 10.2. The smallest absolute Gasteiger partial charge is 0.167 e. The maximum atomic E-state index is 13.9. The lowest BCUT2D eigenvalue weighted by Gasteiger charge is -2.13. The van der Waals surface area contributed by atoms with Crippen LogP contribution in [0.25, 0.3) is 0 Å². The van der Waals surface area contributed by atoms with Crippen molar-refractivity contribution in [3.63, 3.8) is 0 Å². The first kappa shape index (κ1) is 14.0. The van der Waals surface area contributed by atoms with Gasteiger partial charge in [0.1, 0.15) is 5.75 Å². The van der Waals surface area contributed by atoms with Crippen molar-refractivity contribution in [2.24, 2.45) is 0 Å². The third-order valence-electron chi connectivity index (χ3n) is 2.76. The molecule has 1 N–H and O–H groups in total. The second-order valence-electron chi connectivity index (χ2n) is 4.27. The second-order valence-corrected chi connectivity index (χ2v) is 5.19. The highest BCUT2D eigenvalue weighted by Crippen LogP contribution is 2.31. The molecule has 0 aliphatic rings. The van der Waals surface area contributed by atoms with Crippen LogP contribution in [0.3, 0.4) is 0 Å². The van der Waals surface area contributed by atoms with E-state index in [9.17, 15) is 4.39 Å². The molecule has 19 heavy (non-hydrogen) atoms. The first-order valence-electron chi connectivity index (χ1n) is 5.98. The number of hydrogen-bond donors (Lipinski definition) is 1. The van der Waals surface area contributed by atoms with Gasteiger partial charge in [0.15, 0.2) is 11.6 Å². The number of benzene rings is 2. The van der Waals surface area contributed by atoms with Crippen molar-refractivity contribution in [1.82, 2.24) is 5.32 Å². The highest BCUT2D eigenvalue weighted by atomic mass is 79.9. The van der Waals surface area contributed by atoms with Crippen molar-refractivity contribution in [1.29, 1.82) is 0 Å². The first-order valence-corrected chi connectivity index (χ1v) is 6.77. The molecule has 0 unspecified atom stereocenters. The van der Waals surface area contributed by atoms with Crippen LogP contribution in [0, 0.1) is 12.7 Å². The van der Waals surface area contributed by atoms with Gasteiger partial charge in [-0.1, -0.05) is 28.1 Å². The van der Waals surface area contributed by atoms with Gasteiger partial charge in [-0.3, -0.25) is 0 Å². The van der Waals surface area contributed by atoms with Crippen molar-refractivity contribution >= 4 is 15.9 Å². The number of ether oxygens (including phenoxy) is 1. The molecular formula is C15H15BrFNO. The molecule has 0 fully saturated rings. The van der Waals surface area contributed by atoms with E-state index in [2.05, 4.69) is 21.2 Å². The van der Waals surface area contributed by atoms with E-state index >= 15 is 0 Å². The standard InChI is InChI=1S/C15H15BrFNO/c1-10-8-12(16)6-7-14(10)19-15-11(9-18-2)4-3-5-13(15)17/h3-8,18H,9H2,1-2H3. The molecule has 0 aliphatic heterocycles. The third-order valence-corrected chi connectivity index (χ3v) is 3.26. The summed E-state index contributed by atoms with van der Waals surface area (Å²) in [6, 6.07) is 10.6. The molecule has 0 saturated heterocycles. The van der Waals surface area contributed by atoms with E-state index in [1.807, 2.05) is 38.2 Å². The summed E-state index contributed by atoms with van der Waals surface area (Å²) >= 11 is 3.40. The van der Waals surface area contributed by atoms with Crippen molar-refractivity contribution in [3.05, 3.63) is 57.8 Å². The summed E-state index contributed by atoms with van der Waals surface area (Å²) in [5, 5.41) is 3.01. The molecule has 0 saturated carbocycles. The lowest BCUT2D eigenvalue weighted by molar-refractivity contribution is 0.432. The molecule has 0 amide bonds. The molecule has 2 rings (SSSR count). The van der Waals surface area contributed by atoms with Crippen LogP contribution >= 0.6 is 15.9 Å². The Bertz CT molecular complexity index is 586. The molecule has 2 nitrogen and oxygen atoms in total. The van der Waals surface area contributed by atoms with Crippen LogP contribution in [-0.4, -0.2) is 7.05 Å². The molecule has 0 spiro atoms. The summed E-state index contributed by atoms with van der Waals surface area (Å²) < 4.78 is 20.6. The van der Waals surface area contributed by atoms with E-state index in [-0.39, 0.29) is 11.6 Å². The van der Waals surface area contributed by atoms with E-state index < -0.39 is 0 Å². The van der Waals surface area contributed by atoms with Crippen LogP contribution in [0.4, 0.5) is 4.39 Å². The Morgan fingerprint density at radius 1 is 1.26 bits per heavy atom. The van der Waals surface area contributed by atoms with E-state index in [0.717, 1.165) is 15.6 Å². The molecular weight excluding hydrogens is 309 g/mol. The van der Waals surface area contributed by atoms with Crippen LogP contribution in [-0.2, 0) is 6.54 Å². The zero-order chi connectivity index (χ0) is 13.8. The fourth-order valence-corrected chi connectivity index (χ4v) is 2.31. The molecule has 4 heteroatoms. The Morgan fingerprint density at radius 2 is 2.05 bits per heavy atom. The van der Waals surface area contributed by atoms with E-state index in [1.165, 1.54) is 6.07 Å². The normalized spacial score (nSPS) is 10.5. The molecule has 2 aromatic rings. The Balaban J connectivity index is 2.37. The van der Waals surface area contributed by atoms with Crippen molar-refractivity contribution in [2.45, 2.75) is 13.5 Å². The average Bonchev–Trinajstić information content (AvgIpc) is 2.36. The summed E-state index contributed by atoms with van der Waals surface area (Å²) in [4.78, 5) is 0. The van der Waals surface area contributed by atoms with Crippen LogP contribution in [0.2, 0.25) is 0 Å². The minimum absolute atomic E-state index is 0.280. The summed E-state index contributed by atoms with van der Waals surface area (Å²) in [5.41, 5.74) is 1.75. The highest BCUT2D eigenvalue weighted by molar-refractivity contribution is 9.10. The van der Waals surface area contributed by atoms with Crippen molar-refractivity contribution in [3.8, 4) is 11.5 Å². The summed E-state index contributed by atoms with van der Waals surface area (Å²) in [5.74, 6) is 0.586. The highest BCUT2D eigenvalue weighted by Gasteiger charge is 2.11. The number of hydrogen-bond acceptors (Lipinski definition) is 2. The van der Waals surface area contributed by atoms with E-state index in [4.69, 9.17) is 4.74 Å². The monoisotopic (exact) mass is 323 g/mol. The zero-order valence-electron chi connectivity index (χ0n) is 10.8. The lowest BCUT2D eigenvalue weighted by Crippen LogP contribution is -2.07. The molecule has 0 atom stereocenters. The molecule has 0 heterocycles. The average molecular weight is 324 g/mol. The number of aryl methyl sites for hydroxylation is 1. The van der Waals surface area contributed by atoms with Gasteiger partial charge in [0.05, 0.1) is 0 Å².